The summed E-state index contributed by atoms with van der Waals surface area (Å²) in [7, 11) is 1.37. The van der Waals surface area contributed by atoms with Gasteiger partial charge in [0.2, 0.25) is 0 Å². The second-order valence-corrected chi connectivity index (χ2v) is 5.93. The van der Waals surface area contributed by atoms with Crippen molar-refractivity contribution in [2.75, 3.05) is 7.11 Å². The Labute approximate surface area is 125 Å². The second kappa shape index (κ2) is 5.84. The lowest BCUT2D eigenvalue weighted by atomic mass is 9.84. The molecule has 0 aromatic heterocycles. The molecule has 110 valence electrons. The number of fused-ring (bicyclic) bond motifs is 1. The molecule has 3 nitrogen and oxygen atoms in total. The Morgan fingerprint density at radius 3 is 2.71 bits per heavy atom. The lowest BCUT2D eigenvalue weighted by Crippen LogP contribution is -2.16. The predicted molar refractivity (Wildman–Crippen MR) is 80.5 cm³/mol. The molecule has 0 aliphatic heterocycles. The van der Waals surface area contributed by atoms with Gasteiger partial charge in [-0.05, 0) is 60.9 Å². The zero-order chi connectivity index (χ0) is 14.8. The van der Waals surface area contributed by atoms with Crippen molar-refractivity contribution in [2.24, 2.45) is 5.92 Å². The SMILES string of the molecule is COC(=O)c1ccc2c(c1)CC/C(=C\C1CCCC1)C2=O. The molecular formula is C18H20O3. The third kappa shape index (κ3) is 2.78. The van der Waals surface area contributed by atoms with Gasteiger partial charge in [0, 0.05) is 5.56 Å². The number of hydrogen-bond acceptors (Lipinski definition) is 3. The van der Waals surface area contributed by atoms with E-state index in [0.29, 0.717) is 11.5 Å². The smallest absolute Gasteiger partial charge is 0.337 e. The minimum atomic E-state index is -0.349. The van der Waals surface area contributed by atoms with Crippen molar-refractivity contribution in [3.05, 3.63) is 46.5 Å². The number of Topliss-reactive ketones (excluding diaryl/α,β-unsaturated/α-hetero) is 1. The van der Waals surface area contributed by atoms with Crippen LogP contribution in [0.1, 0.15) is 58.4 Å². The van der Waals surface area contributed by atoms with E-state index in [-0.39, 0.29) is 11.8 Å². The molecule has 0 saturated heterocycles. The van der Waals surface area contributed by atoms with Crippen LogP contribution in [0.2, 0.25) is 0 Å². The molecule has 1 aromatic rings. The third-order valence-electron chi connectivity index (χ3n) is 4.56. The number of carbonyl (C=O) groups is 2. The molecule has 0 N–H and O–H groups in total. The van der Waals surface area contributed by atoms with Crippen LogP contribution >= 0.6 is 0 Å². The van der Waals surface area contributed by atoms with Crippen LogP contribution in [-0.2, 0) is 11.2 Å². The highest BCUT2D eigenvalue weighted by Crippen LogP contribution is 2.31. The van der Waals surface area contributed by atoms with Gasteiger partial charge >= 0.3 is 5.97 Å². The summed E-state index contributed by atoms with van der Waals surface area (Å²) in [6, 6.07) is 5.25. The van der Waals surface area contributed by atoms with E-state index < -0.39 is 0 Å². The van der Waals surface area contributed by atoms with Crippen molar-refractivity contribution in [1.82, 2.24) is 0 Å². The number of rotatable bonds is 2. The predicted octanol–water partition coefficient (Wildman–Crippen LogP) is 3.72. The number of esters is 1. The van der Waals surface area contributed by atoms with E-state index in [1.807, 2.05) is 0 Å². The molecule has 1 saturated carbocycles. The molecule has 21 heavy (non-hydrogen) atoms. The van der Waals surface area contributed by atoms with Gasteiger partial charge in [0.1, 0.15) is 0 Å². The fourth-order valence-corrected chi connectivity index (χ4v) is 3.39. The number of allylic oxidation sites excluding steroid dienone is 2. The molecule has 0 bridgehead atoms. The summed E-state index contributed by atoms with van der Waals surface area (Å²) in [5, 5.41) is 0. The Kier molecular flexibility index (Phi) is 3.91. The minimum absolute atomic E-state index is 0.138. The number of ether oxygens (including phenoxy) is 1. The largest absolute Gasteiger partial charge is 0.465 e. The molecule has 3 heteroatoms. The van der Waals surface area contributed by atoms with E-state index in [1.165, 1.54) is 32.8 Å². The molecule has 2 aliphatic rings. The number of methoxy groups -OCH3 is 1. The molecule has 3 rings (SSSR count). The molecule has 0 atom stereocenters. The molecule has 1 fully saturated rings. The topological polar surface area (TPSA) is 43.4 Å². The van der Waals surface area contributed by atoms with Gasteiger partial charge < -0.3 is 4.74 Å². The summed E-state index contributed by atoms with van der Waals surface area (Å²) < 4.78 is 4.73. The summed E-state index contributed by atoms with van der Waals surface area (Å²) in [5.74, 6) is 0.372. The summed E-state index contributed by atoms with van der Waals surface area (Å²) in [6.45, 7) is 0. The summed E-state index contributed by atoms with van der Waals surface area (Å²) in [6.07, 6.45) is 8.79. The van der Waals surface area contributed by atoms with Gasteiger partial charge in [-0.25, -0.2) is 4.79 Å². The van der Waals surface area contributed by atoms with Crippen molar-refractivity contribution in [3.8, 4) is 0 Å². The Bertz CT molecular complexity index is 607. The zero-order valence-corrected chi connectivity index (χ0v) is 12.4. The van der Waals surface area contributed by atoms with Crippen molar-refractivity contribution < 1.29 is 14.3 Å². The average Bonchev–Trinajstić information content (AvgIpc) is 3.02. The molecule has 1 aromatic carbocycles. The summed E-state index contributed by atoms with van der Waals surface area (Å²) in [4.78, 5) is 24.1. The van der Waals surface area contributed by atoms with Crippen molar-refractivity contribution in [1.29, 1.82) is 0 Å². The normalized spacial score (nSPS) is 20.6. The van der Waals surface area contributed by atoms with Crippen LogP contribution in [-0.4, -0.2) is 18.9 Å². The second-order valence-electron chi connectivity index (χ2n) is 5.93. The first-order chi connectivity index (χ1) is 10.2. The van der Waals surface area contributed by atoms with Crippen LogP contribution in [0, 0.1) is 5.92 Å². The van der Waals surface area contributed by atoms with E-state index in [4.69, 9.17) is 4.74 Å². The highest BCUT2D eigenvalue weighted by atomic mass is 16.5. The first kappa shape index (κ1) is 14.1. The monoisotopic (exact) mass is 284 g/mol. The van der Waals surface area contributed by atoms with Gasteiger partial charge in [-0.3, -0.25) is 4.79 Å². The van der Waals surface area contributed by atoms with E-state index >= 15 is 0 Å². The maximum Gasteiger partial charge on any atom is 0.337 e. The first-order valence-corrected chi connectivity index (χ1v) is 7.65. The highest BCUT2D eigenvalue weighted by molar-refractivity contribution is 6.11. The van der Waals surface area contributed by atoms with Crippen molar-refractivity contribution in [3.63, 3.8) is 0 Å². The maximum absolute atomic E-state index is 12.6. The van der Waals surface area contributed by atoms with Crippen LogP contribution in [0.4, 0.5) is 0 Å². The van der Waals surface area contributed by atoms with Gasteiger partial charge in [0.15, 0.2) is 5.78 Å². The Balaban J connectivity index is 1.86. The standard InChI is InChI=1S/C18H20O3/c1-21-18(20)15-8-9-16-13(11-15)6-7-14(17(16)19)10-12-4-2-3-5-12/h8-12H,2-7H2,1H3/b14-10+. The van der Waals surface area contributed by atoms with Gasteiger partial charge in [-0.1, -0.05) is 18.9 Å². The third-order valence-corrected chi connectivity index (χ3v) is 4.56. The number of carbonyl (C=O) groups excluding carboxylic acids is 2. The Morgan fingerprint density at radius 1 is 1.24 bits per heavy atom. The van der Waals surface area contributed by atoms with Crippen LogP contribution in [0.15, 0.2) is 29.8 Å². The van der Waals surface area contributed by atoms with Crippen molar-refractivity contribution >= 4 is 11.8 Å². The first-order valence-electron chi connectivity index (χ1n) is 7.65. The van der Waals surface area contributed by atoms with E-state index in [0.717, 1.165) is 29.5 Å². The molecule has 0 radical (unpaired) electrons. The molecule has 0 unspecified atom stereocenters. The summed E-state index contributed by atoms with van der Waals surface area (Å²) in [5.41, 5.74) is 3.19. The van der Waals surface area contributed by atoms with E-state index in [2.05, 4.69) is 6.08 Å². The maximum atomic E-state index is 12.6. The lowest BCUT2D eigenvalue weighted by molar-refractivity contribution is 0.0600. The van der Waals surface area contributed by atoms with E-state index in [9.17, 15) is 9.59 Å². The van der Waals surface area contributed by atoms with Crippen LogP contribution in [0.3, 0.4) is 0 Å². The fourth-order valence-electron chi connectivity index (χ4n) is 3.39. The highest BCUT2D eigenvalue weighted by Gasteiger charge is 2.24. The number of hydrogen-bond donors (Lipinski definition) is 0. The van der Waals surface area contributed by atoms with Crippen LogP contribution in [0.25, 0.3) is 0 Å². The van der Waals surface area contributed by atoms with Gasteiger partial charge in [-0.2, -0.15) is 0 Å². The molecule has 0 amide bonds. The van der Waals surface area contributed by atoms with Gasteiger partial charge in [0.05, 0.1) is 12.7 Å². The summed E-state index contributed by atoms with van der Waals surface area (Å²) >= 11 is 0. The zero-order valence-electron chi connectivity index (χ0n) is 12.4. The number of ketones is 1. The molecule has 2 aliphatic carbocycles. The molecular weight excluding hydrogens is 264 g/mol. The minimum Gasteiger partial charge on any atom is -0.465 e. The number of aryl methyl sites for hydroxylation is 1. The van der Waals surface area contributed by atoms with Crippen LogP contribution in [0.5, 0.6) is 0 Å². The lowest BCUT2D eigenvalue weighted by Gasteiger charge is -2.19. The van der Waals surface area contributed by atoms with Gasteiger partial charge in [-0.15, -0.1) is 0 Å². The average molecular weight is 284 g/mol. The fraction of sp³-hybridized carbons (Fsp3) is 0.444. The van der Waals surface area contributed by atoms with E-state index in [1.54, 1.807) is 18.2 Å². The quantitative estimate of drug-likeness (QED) is 0.614. The molecule has 0 spiro atoms. The number of benzene rings is 1. The van der Waals surface area contributed by atoms with Crippen LogP contribution < -0.4 is 0 Å². The Hall–Kier alpha value is -1.90. The van der Waals surface area contributed by atoms with Gasteiger partial charge in [0.25, 0.3) is 0 Å². The molecule has 0 heterocycles. The van der Waals surface area contributed by atoms with Crippen molar-refractivity contribution in [2.45, 2.75) is 38.5 Å². The Morgan fingerprint density at radius 2 is 2.00 bits per heavy atom.